The molecule has 0 saturated heterocycles. The van der Waals surface area contributed by atoms with E-state index in [4.69, 9.17) is 0 Å². The summed E-state index contributed by atoms with van der Waals surface area (Å²) in [5.74, 6) is -0.986. The van der Waals surface area contributed by atoms with E-state index < -0.39 is 11.9 Å². The summed E-state index contributed by atoms with van der Waals surface area (Å²) < 4.78 is 14.1. The first-order valence-corrected chi connectivity index (χ1v) is 10.5. The minimum absolute atomic E-state index is 0.0635. The maximum absolute atomic E-state index is 14.1. The molecule has 7 heteroatoms. The Hall–Kier alpha value is -3.22. The van der Waals surface area contributed by atoms with Gasteiger partial charge in [-0.15, -0.1) is 0 Å². The van der Waals surface area contributed by atoms with Gasteiger partial charge >= 0.3 is 0 Å². The molecule has 0 aliphatic carbocycles. The van der Waals surface area contributed by atoms with E-state index >= 15 is 0 Å². The number of anilines is 1. The second-order valence-electron chi connectivity index (χ2n) is 8.02. The number of hydrogen-bond donors (Lipinski definition) is 1. The largest absolute Gasteiger partial charge is 0.347 e. The molecule has 2 aromatic carbocycles. The summed E-state index contributed by atoms with van der Waals surface area (Å²) in [5, 5.41) is 2.87. The molecule has 1 aliphatic heterocycles. The van der Waals surface area contributed by atoms with E-state index in [0.29, 0.717) is 24.1 Å². The molecule has 0 spiro atoms. The molecule has 1 N–H and O–H groups in total. The van der Waals surface area contributed by atoms with Crippen molar-refractivity contribution in [1.82, 2.24) is 9.80 Å². The maximum Gasteiger partial charge on any atom is 0.245 e. The van der Waals surface area contributed by atoms with Gasteiger partial charge in [0.2, 0.25) is 17.7 Å². The van der Waals surface area contributed by atoms with Crippen molar-refractivity contribution < 1.29 is 18.8 Å². The molecule has 2 aromatic rings. The fourth-order valence-electron chi connectivity index (χ4n) is 3.80. The molecule has 0 unspecified atom stereocenters. The monoisotopic (exact) mass is 425 g/mol. The van der Waals surface area contributed by atoms with Gasteiger partial charge in [-0.2, -0.15) is 0 Å². The third kappa shape index (κ3) is 5.29. The van der Waals surface area contributed by atoms with Crippen LogP contribution in [0.15, 0.2) is 42.5 Å². The van der Waals surface area contributed by atoms with Gasteiger partial charge in [-0.3, -0.25) is 14.4 Å². The Morgan fingerprint density at radius 1 is 1.13 bits per heavy atom. The van der Waals surface area contributed by atoms with Gasteiger partial charge in [0.05, 0.1) is 6.42 Å². The minimum atomic E-state index is -0.651. The molecular formula is C24H28FN3O3. The Bertz CT molecular complexity index is 990. The van der Waals surface area contributed by atoms with Crippen LogP contribution in [0.4, 0.5) is 10.1 Å². The lowest BCUT2D eigenvalue weighted by atomic mass is 9.92. The SMILES string of the molecule is CCCC(=O)Nc1ccc2c(c1)CN(C(=O)Cc1ccccc1F)[C@@H](C(=O)N(C)C)C2. The molecule has 164 valence electrons. The number of carbonyl (C=O) groups is 3. The summed E-state index contributed by atoms with van der Waals surface area (Å²) in [7, 11) is 3.31. The molecule has 1 heterocycles. The Morgan fingerprint density at radius 2 is 1.87 bits per heavy atom. The molecular weight excluding hydrogens is 397 g/mol. The smallest absolute Gasteiger partial charge is 0.245 e. The van der Waals surface area contributed by atoms with Crippen LogP contribution < -0.4 is 5.32 Å². The van der Waals surface area contributed by atoms with Crippen LogP contribution in [-0.4, -0.2) is 47.7 Å². The van der Waals surface area contributed by atoms with Gasteiger partial charge in [0, 0.05) is 39.2 Å². The highest BCUT2D eigenvalue weighted by atomic mass is 19.1. The van der Waals surface area contributed by atoms with Crippen LogP contribution in [0.3, 0.4) is 0 Å². The van der Waals surface area contributed by atoms with Crippen molar-refractivity contribution in [3.63, 3.8) is 0 Å². The predicted octanol–water partition coefficient (Wildman–Crippen LogP) is 3.15. The van der Waals surface area contributed by atoms with Gasteiger partial charge in [-0.05, 0) is 41.3 Å². The van der Waals surface area contributed by atoms with Crippen molar-refractivity contribution in [2.24, 2.45) is 0 Å². The summed E-state index contributed by atoms with van der Waals surface area (Å²) in [6.07, 6.45) is 1.44. The number of hydrogen-bond acceptors (Lipinski definition) is 3. The molecule has 1 atom stereocenters. The summed E-state index contributed by atoms with van der Waals surface area (Å²) in [4.78, 5) is 40.9. The standard InChI is InChI=1S/C24H28FN3O3/c1-4-7-22(29)26-19-11-10-16-13-21(24(31)27(2)3)28(15-18(16)12-19)23(30)14-17-8-5-6-9-20(17)25/h5-6,8-12,21H,4,7,13-15H2,1-3H3,(H,26,29)/t21-/m1/s1. The minimum Gasteiger partial charge on any atom is -0.347 e. The van der Waals surface area contributed by atoms with Gasteiger partial charge in [-0.25, -0.2) is 4.39 Å². The lowest BCUT2D eigenvalue weighted by Crippen LogP contribution is -2.52. The number of likely N-dealkylation sites (N-methyl/N-ethyl adjacent to an activating group) is 1. The van der Waals surface area contributed by atoms with Crippen LogP contribution in [0, 0.1) is 5.82 Å². The summed E-state index contributed by atoms with van der Waals surface area (Å²) >= 11 is 0. The first-order chi connectivity index (χ1) is 14.8. The van der Waals surface area contributed by atoms with Crippen LogP contribution >= 0.6 is 0 Å². The number of fused-ring (bicyclic) bond motifs is 1. The van der Waals surface area contributed by atoms with Crippen molar-refractivity contribution in [3.05, 3.63) is 65.0 Å². The second kappa shape index (κ2) is 9.73. The van der Waals surface area contributed by atoms with Gasteiger partial charge in [-0.1, -0.05) is 31.2 Å². The topological polar surface area (TPSA) is 69.7 Å². The number of halogens is 1. The number of carbonyl (C=O) groups excluding carboxylic acids is 3. The predicted molar refractivity (Wildman–Crippen MR) is 117 cm³/mol. The van der Waals surface area contributed by atoms with Crippen LogP contribution in [0.1, 0.15) is 36.5 Å². The van der Waals surface area contributed by atoms with Crippen LogP contribution in [-0.2, 0) is 33.8 Å². The Labute approximate surface area is 182 Å². The highest BCUT2D eigenvalue weighted by Crippen LogP contribution is 2.28. The maximum atomic E-state index is 14.1. The van der Waals surface area contributed by atoms with Crippen molar-refractivity contribution in [2.45, 2.75) is 45.2 Å². The molecule has 0 saturated carbocycles. The highest BCUT2D eigenvalue weighted by Gasteiger charge is 2.35. The third-order valence-electron chi connectivity index (χ3n) is 5.44. The Balaban J connectivity index is 1.88. The van der Waals surface area contributed by atoms with Gasteiger partial charge in [0.25, 0.3) is 0 Å². The Kier molecular flexibility index (Phi) is 7.05. The molecule has 0 fully saturated rings. The van der Waals surface area contributed by atoms with Gasteiger partial charge in [0.1, 0.15) is 11.9 Å². The van der Waals surface area contributed by atoms with E-state index in [2.05, 4.69) is 5.32 Å². The normalized spacial score (nSPS) is 15.2. The van der Waals surface area contributed by atoms with Crippen LogP contribution in [0.25, 0.3) is 0 Å². The van der Waals surface area contributed by atoms with Crippen molar-refractivity contribution in [2.75, 3.05) is 19.4 Å². The summed E-state index contributed by atoms with van der Waals surface area (Å²) in [6, 6.07) is 11.1. The molecule has 3 rings (SSSR count). The fraction of sp³-hybridized carbons (Fsp3) is 0.375. The third-order valence-corrected chi connectivity index (χ3v) is 5.44. The molecule has 3 amide bonds. The van der Waals surface area contributed by atoms with Crippen LogP contribution in [0.5, 0.6) is 0 Å². The molecule has 0 bridgehead atoms. The molecule has 6 nitrogen and oxygen atoms in total. The number of nitrogens with zero attached hydrogens (tertiary/aromatic N) is 2. The number of nitrogens with one attached hydrogen (secondary N) is 1. The van der Waals surface area contributed by atoms with E-state index in [1.807, 2.05) is 25.1 Å². The van der Waals surface area contributed by atoms with Gasteiger partial charge in [0.15, 0.2) is 0 Å². The zero-order valence-electron chi connectivity index (χ0n) is 18.2. The Morgan fingerprint density at radius 3 is 2.55 bits per heavy atom. The summed E-state index contributed by atoms with van der Waals surface area (Å²) in [5.41, 5.74) is 2.80. The summed E-state index contributed by atoms with van der Waals surface area (Å²) in [6.45, 7) is 2.16. The first kappa shape index (κ1) is 22.5. The molecule has 0 aromatic heterocycles. The zero-order valence-corrected chi connectivity index (χ0v) is 18.2. The fourth-order valence-corrected chi connectivity index (χ4v) is 3.80. The van der Waals surface area contributed by atoms with E-state index in [1.54, 1.807) is 32.3 Å². The van der Waals surface area contributed by atoms with Crippen molar-refractivity contribution >= 4 is 23.4 Å². The van der Waals surface area contributed by atoms with E-state index in [0.717, 1.165) is 17.5 Å². The van der Waals surface area contributed by atoms with E-state index in [1.165, 1.54) is 15.9 Å². The van der Waals surface area contributed by atoms with Crippen molar-refractivity contribution in [1.29, 1.82) is 0 Å². The highest BCUT2D eigenvalue weighted by molar-refractivity contribution is 5.91. The molecule has 0 radical (unpaired) electrons. The number of rotatable bonds is 6. The molecule has 31 heavy (non-hydrogen) atoms. The van der Waals surface area contributed by atoms with E-state index in [-0.39, 0.29) is 30.7 Å². The van der Waals surface area contributed by atoms with Crippen molar-refractivity contribution in [3.8, 4) is 0 Å². The average Bonchev–Trinajstić information content (AvgIpc) is 2.73. The lowest BCUT2D eigenvalue weighted by molar-refractivity contribution is -0.145. The number of amides is 3. The molecule has 1 aliphatic rings. The second-order valence-corrected chi connectivity index (χ2v) is 8.02. The van der Waals surface area contributed by atoms with Crippen LogP contribution in [0.2, 0.25) is 0 Å². The van der Waals surface area contributed by atoms with Gasteiger partial charge < -0.3 is 15.1 Å². The van der Waals surface area contributed by atoms with E-state index in [9.17, 15) is 18.8 Å². The first-order valence-electron chi connectivity index (χ1n) is 10.5. The zero-order chi connectivity index (χ0) is 22.5. The number of benzene rings is 2. The quantitative estimate of drug-likeness (QED) is 0.773. The average molecular weight is 426 g/mol. The lowest BCUT2D eigenvalue weighted by Gasteiger charge is -2.37.